The molecule has 0 aliphatic heterocycles. The second-order valence-corrected chi connectivity index (χ2v) is 4.79. The number of benzene rings is 1. The van der Waals surface area contributed by atoms with Gasteiger partial charge in [0.1, 0.15) is 11.6 Å². The zero-order valence-electron chi connectivity index (χ0n) is 10.9. The third-order valence-electron chi connectivity index (χ3n) is 2.76. The lowest BCUT2D eigenvalue weighted by Crippen LogP contribution is -2.13. The third-order valence-corrected chi connectivity index (χ3v) is 3.00. The van der Waals surface area contributed by atoms with Gasteiger partial charge in [-0.05, 0) is 36.8 Å². The molecule has 0 radical (unpaired) electrons. The molecule has 2 rings (SSSR count). The van der Waals surface area contributed by atoms with Crippen molar-refractivity contribution >= 4 is 28.9 Å². The molecule has 1 heterocycles. The van der Waals surface area contributed by atoms with Crippen LogP contribution in [0.15, 0.2) is 30.3 Å². The Morgan fingerprint density at radius 3 is 2.43 bits per heavy atom. The Hall–Kier alpha value is -1.99. The van der Waals surface area contributed by atoms with E-state index in [1.165, 1.54) is 0 Å². The molecule has 1 aromatic heterocycles. The lowest BCUT2D eigenvalue weighted by atomic mass is 10.2. The van der Waals surface area contributed by atoms with E-state index in [9.17, 15) is 13.2 Å². The number of hydrazine groups is 1. The van der Waals surface area contributed by atoms with Gasteiger partial charge in [-0.2, -0.15) is 13.2 Å². The number of hydrogen-bond acceptors (Lipinski definition) is 4. The predicted octanol–water partition coefficient (Wildman–Crippen LogP) is 4.09. The molecule has 0 unspecified atom stereocenters. The van der Waals surface area contributed by atoms with Crippen LogP contribution in [0.5, 0.6) is 0 Å². The van der Waals surface area contributed by atoms with Crippen molar-refractivity contribution in [1.82, 2.24) is 4.98 Å². The molecule has 0 fully saturated rings. The van der Waals surface area contributed by atoms with E-state index < -0.39 is 11.7 Å². The summed E-state index contributed by atoms with van der Waals surface area (Å²) in [5.74, 6) is 5.08. The molecule has 0 spiro atoms. The molecule has 8 heteroatoms. The average Bonchev–Trinajstić information content (AvgIpc) is 2.41. The fraction of sp³-hybridized carbons (Fsp3) is 0.154. The van der Waals surface area contributed by atoms with Crippen LogP contribution in [0.4, 0.5) is 30.5 Å². The monoisotopic (exact) mass is 316 g/mol. The van der Waals surface area contributed by atoms with Crippen molar-refractivity contribution in [2.45, 2.75) is 13.1 Å². The van der Waals surface area contributed by atoms with Crippen molar-refractivity contribution in [1.29, 1.82) is 0 Å². The highest BCUT2D eigenvalue weighted by molar-refractivity contribution is 6.30. The normalized spacial score (nSPS) is 11.3. The van der Waals surface area contributed by atoms with Crippen LogP contribution < -0.4 is 16.6 Å². The maximum absolute atomic E-state index is 12.8. The van der Waals surface area contributed by atoms with Gasteiger partial charge in [-0.3, -0.25) is 0 Å². The fourth-order valence-electron chi connectivity index (χ4n) is 1.70. The summed E-state index contributed by atoms with van der Waals surface area (Å²) in [6.45, 7) is 1.80. The molecule has 0 amide bonds. The predicted molar refractivity (Wildman–Crippen MR) is 76.5 cm³/mol. The Bertz CT molecular complexity index is 658. The number of aromatic nitrogens is 1. The summed E-state index contributed by atoms with van der Waals surface area (Å²) in [6.07, 6.45) is -4.49. The first kappa shape index (κ1) is 15.4. The third kappa shape index (κ3) is 3.77. The molecule has 2 aromatic rings. The van der Waals surface area contributed by atoms with E-state index in [-0.39, 0.29) is 11.6 Å². The minimum atomic E-state index is -4.49. The van der Waals surface area contributed by atoms with Gasteiger partial charge in [-0.1, -0.05) is 17.7 Å². The number of pyridine rings is 1. The highest BCUT2D eigenvalue weighted by Gasteiger charge is 2.31. The fourth-order valence-corrected chi connectivity index (χ4v) is 1.87. The van der Waals surface area contributed by atoms with E-state index in [2.05, 4.69) is 15.7 Å². The Labute approximate surface area is 124 Å². The molecule has 0 saturated heterocycles. The molecule has 0 aliphatic carbocycles. The zero-order chi connectivity index (χ0) is 15.6. The van der Waals surface area contributed by atoms with Crippen molar-refractivity contribution in [3.63, 3.8) is 0 Å². The number of aryl methyl sites for hydroxylation is 1. The number of halogens is 4. The SMILES string of the molecule is Cc1ccc(Cl)cc1Nc1cc(C(F)(F)F)cc(NN)n1. The largest absolute Gasteiger partial charge is 0.416 e. The van der Waals surface area contributed by atoms with E-state index in [1.807, 2.05) is 0 Å². The maximum atomic E-state index is 12.8. The summed E-state index contributed by atoms with van der Waals surface area (Å²) in [5, 5.41) is 3.27. The average molecular weight is 317 g/mol. The van der Waals surface area contributed by atoms with Crippen molar-refractivity contribution in [2.75, 3.05) is 10.7 Å². The number of nitrogens with one attached hydrogen (secondary N) is 2. The van der Waals surface area contributed by atoms with E-state index in [0.29, 0.717) is 10.7 Å². The standard InChI is InChI=1S/C13H12ClF3N4/c1-7-2-3-9(14)6-10(7)19-11-4-8(13(15,16)17)5-12(20-11)21-18/h2-6H,18H2,1H3,(H2,19,20,21). The molecule has 4 N–H and O–H groups in total. The van der Waals surface area contributed by atoms with E-state index in [0.717, 1.165) is 17.7 Å². The van der Waals surface area contributed by atoms with Crippen LogP contribution >= 0.6 is 11.6 Å². The smallest absolute Gasteiger partial charge is 0.340 e. The zero-order valence-corrected chi connectivity index (χ0v) is 11.7. The van der Waals surface area contributed by atoms with Gasteiger partial charge in [0.05, 0.1) is 5.56 Å². The number of anilines is 3. The molecule has 4 nitrogen and oxygen atoms in total. The van der Waals surface area contributed by atoms with Gasteiger partial charge < -0.3 is 10.7 Å². The minimum Gasteiger partial charge on any atom is -0.340 e. The molecular weight excluding hydrogens is 305 g/mol. The Balaban J connectivity index is 2.42. The highest BCUT2D eigenvalue weighted by atomic mass is 35.5. The van der Waals surface area contributed by atoms with Crippen LogP contribution in [-0.4, -0.2) is 4.98 Å². The van der Waals surface area contributed by atoms with Crippen molar-refractivity contribution in [3.05, 3.63) is 46.5 Å². The van der Waals surface area contributed by atoms with Gasteiger partial charge in [0.2, 0.25) is 0 Å². The van der Waals surface area contributed by atoms with E-state index in [1.54, 1.807) is 25.1 Å². The van der Waals surface area contributed by atoms with Crippen molar-refractivity contribution in [2.24, 2.45) is 5.84 Å². The van der Waals surface area contributed by atoms with Gasteiger partial charge in [-0.25, -0.2) is 10.8 Å². The lowest BCUT2D eigenvalue weighted by molar-refractivity contribution is -0.137. The number of alkyl halides is 3. The molecule has 0 atom stereocenters. The van der Waals surface area contributed by atoms with Crippen LogP contribution in [0.1, 0.15) is 11.1 Å². The van der Waals surface area contributed by atoms with Gasteiger partial charge in [0.15, 0.2) is 0 Å². The van der Waals surface area contributed by atoms with Crippen LogP contribution in [-0.2, 0) is 6.18 Å². The van der Waals surface area contributed by atoms with E-state index >= 15 is 0 Å². The maximum Gasteiger partial charge on any atom is 0.416 e. The Morgan fingerprint density at radius 1 is 1.14 bits per heavy atom. The summed E-state index contributed by atoms with van der Waals surface area (Å²) in [4.78, 5) is 3.94. The minimum absolute atomic E-state index is 0.0168. The molecule has 0 saturated carbocycles. The Kier molecular flexibility index (Phi) is 4.24. The molecule has 0 bridgehead atoms. The number of hydrogen-bond donors (Lipinski definition) is 3. The van der Waals surface area contributed by atoms with Crippen molar-refractivity contribution < 1.29 is 13.2 Å². The number of nitrogens with zero attached hydrogens (tertiary/aromatic N) is 1. The molecule has 0 aliphatic rings. The molecule has 1 aromatic carbocycles. The van der Waals surface area contributed by atoms with Gasteiger partial charge in [0, 0.05) is 10.7 Å². The van der Waals surface area contributed by atoms with Gasteiger partial charge in [0.25, 0.3) is 0 Å². The summed E-state index contributed by atoms with van der Waals surface area (Å²) in [7, 11) is 0. The first-order valence-corrected chi connectivity index (χ1v) is 6.26. The molecule has 21 heavy (non-hydrogen) atoms. The van der Waals surface area contributed by atoms with Crippen LogP contribution in [0.3, 0.4) is 0 Å². The summed E-state index contributed by atoms with van der Waals surface area (Å²) in [5.41, 5.74) is 2.65. The van der Waals surface area contributed by atoms with Crippen LogP contribution in [0.2, 0.25) is 5.02 Å². The molecule has 112 valence electrons. The van der Waals surface area contributed by atoms with Crippen LogP contribution in [0.25, 0.3) is 0 Å². The number of nitrogen functional groups attached to an aromatic ring is 1. The van der Waals surface area contributed by atoms with Gasteiger partial charge in [-0.15, -0.1) is 0 Å². The second kappa shape index (κ2) is 5.79. The summed E-state index contributed by atoms with van der Waals surface area (Å²) in [6, 6.07) is 6.78. The Morgan fingerprint density at radius 2 is 1.81 bits per heavy atom. The first-order valence-electron chi connectivity index (χ1n) is 5.88. The molecular formula is C13H12ClF3N4. The highest BCUT2D eigenvalue weighted by Crippen LogP contribution is 2.33. The topological polar surface area (TPSA) is 63.0 Å². The van der Waals surface area contributed by atoms with Crippen molar-refractivity contribution in [3.8, 4) is 0 Å². The lowest BCUT2D eigenvalue weighted by Gasteiger charge is -2.13. The summed E-state index contributed by atoms with van der Waals surface area (Å²) >= 11 is 5.87. The summed E-state index contributed by atoms with van der Waals surface area (Å²) < 4.78 is 38.5. The first-order chi connectivity index (χ1) is 9.79. The quantitative estimate of drug-likeness (QED) is 0.589. The second-order valence-electron chi connectivity index (χ2n) is 4.35. The van der Waals surface area contributed by atoms with E-state index in [4.69, 9.17) is 17.4 Å². The van der Waals surface area contributed by atoms with Crippen LogP contribution in [0, 0.1) is 6.92 Å². The van der Waals surface area contributed by atoms with Gasteiger partial charge >= 0.3 is 6.18 Å². The number of rotatable bonds is 3. The number of nitrogens with two attached hydrogens (primary N) is 1.